The summed E-state index contributed by atoms with van der Waals surface area (Å²) >= 11 is 0. The van der Waals surface area contributed by atoms with E-state index in [4.69, 9.17) is 28.4 Å². The Bertz CT molecular complexity index is 982. The zero-order valence-electron chi connectivity index (χ0n) is 22.2. The van der Waals surface area contributed by atoms with Gasteiger partial charge in [0.2, 0.25) is 5.60 Å². The van der Waals surface area contributed by atoms with Crippen LogP contribution >= 0.6 is 0 Å². The molecule has 3 heterocycles. The number of hydrogen-bond acceptors (Lipinski definition) is 9. The summed E-state index contributed by atoms with van der Waals surface area (Å²) in [6.07, 6.45) is 5.71. The molecular weight excluding hydrogens is 480 g/mol. The Kier molecular flexibility index (Phi) is 5.29. The summed E-state index contributed by atoms with van der Waals surface area (Å²) in [5, 5.41) is 11.7. The van der Waals surface area contributed by atoms with Crippen LogP contribution < -0.4 is 0 Å². The fourth-order valence-corrected chi connectivity index (χ4v) is 8.43. The molecule has 1 N–H and O–H groups in total. The zero-order valence-corrected chi connectivity index (χ0v) is 22.2. The highest BCUT2D eigenvalue weighted by atomic mass is 16.8. The smallest absolute Gasteiger partial charge is 0.351 e. The van der Waals surface area contributed by atoms with Gasteiger partial charge in [-0.25, -0.2) is 4.79 Å². The van der Waals surface area contributed by atoms with Crippen LogP contribution in [-0.2, 0) is 38.0 Å². The lowest BCUT2D eigenvalue weighted by atomic mass is 9.66. The molecule has 8 atom stereocenters. The Labute approximate surface area is 217 Å². The first-order valence-electron chi connectivity index (χ1n) is 14.4. The number of esters is 2. The maximum atomic E-state index is 13.9. The molecule has 2 bridgehead atoms. The lowest BCUT2D eigenvalue weighted by Crippen LogP contribution is -2.64. The van der Waals surface area contributed by atoms with Gasteiger partial charge in [-0.3, -0.25) is 4.79 Å². The van der Waals surface area contributed by atoms with Crippen LogP contribution in [0, 0.1) is 10.8 Å². The van der Waals surface area contributed by atoms with Gasteiger partial charge in [-0.15, -0.1) is 0 Å². The van der Waals surface area contributed by atoms with Crippen molar-refractivity contribution in [1.82, 2.24) is 0 Å². The van der Waals surface area contributed by atoms with E-state index in [1.807, 2.05) is 20.8 Å². The molecule has 7 aliphatic rings. The zero-order chi connectivity index (χ0) is 25.8. The van der Waals surface area contributed by atoms with Gasteiger partial charge in [-0.05, 0) is 45.4 Å². The van der Waals surface area contributed by atoms with Crippen LogP contribution in [0.4, 0.5) is 0 Å². The monoisotopic (exact) mass is 520 g/mol. The molecule has 37 heavy (non-hydrogen) atoms. The van der Waals surface area contributed by atoms with Gasteiger partial charge in [0.25, 0.3) is 0 Å². The highest BCUT2D eigenvalue weighted by molar-refractivity contribution is 5.93. The van der Waals surface area contributed by atoms with Crippen molar-refractivity contribution in [3.63, 3.8) is 0 Å². The van der Waals surface area contributed by atoms with Crippen LogP contribution in [0.5, 0.6) is 0 Å². The maximum Gasteiger partial charge on any atom is 0.351 e. The Morgan fingerprint density at radius 3 is 1.78 bits per heavy atom. The summed E-state index contributed by atoms with van der Waals surface area (Å²) in [4.78, 5) is 26.7. The maximum absolute atomic E-state index is 13.9. The van der Waals surface area contributed by atoms with Crippen molar-refractivity contribution in [2.75, 3.05) is 0 Å². The second-order valence-corrected chi connectivity index (χ2v) is 13.3. The molecule has 9 heteroatoms. The van der Waals surface area contributed by atoms with Crippen molar-refractivity contribution in [3.05, 3.63) is 0 Å². The molecule has 4 aliphatic carbocycles. The Balaban J connectivity index is 1.21. The Morgan fingerprint density at radius 1 is 0.757 bits per heavy atom. The average molecular weight is 521 g/mol. The van der Waals surface area contributed by atoms with Gasteiger partial charge in [-0.1, -0.05) is 26.7 Å². The highest BCUT2D eigenvalue weighted by Crippen LogP contribution is 2.66. The van der Waals surface area contributed by atoms with Crippen LogP contribution in [0.25, 0.3) is 0 Å². The van der Waals surface area contributed by atoms with Gasteiger partial charge in [-0.2, -0.15) is 0 Å². The van der Waals surface area contributed by atoms with Gasteiger partial charge < -0.3 is 33.5 Å². The van der Waals surface area contributed by atoms with Crippen molar-refractivity contribution in [1.29, 1.82) is 0 Å². The molecule has 0 aromatic carbocycles. The molecule has 3 saturated heterocycles. The van der Waals surface area contributed by atoms with Crippen molar-refractivity contribution >= 4 is 11.9 Å². The first kappa shape index (κ1) is 24.8. The molecule has 4 saturated carbocycles. The molecule has 0 amide bonds. The van der Waals surface area contributed by atoms with E-state index >= 15 is 0 Å². The first-order chi connectivity index (χ1) is 17.6. The number of hydrogen-bond donors (Lipinski definition) is 1. The first-order valence-corrected chi connectivity index (χ1v) is 14.4. The summed E-state index contributed by atoms with van der Waals surface area (Å²) in [6.45, 7) is 5.66. The summed E-state index contributed by atoms with van der Waals surface area (Å²) in [7, 11) is 0. The van der Waals surface area contributed by atoms with E-state index in [2.05, 4.69) is 0 Å². The van der Waals surface area contributed by atoms with E-state index in [1.54, 1.807) is 0 Å². The fraction of sp³-hybridized carbons (Fsp3) is 0.929. The summed E-state index contributed by atoms with van der Waals surface area (Å²) < 4.78 is 38.2. The predicted molar refractivity (Wildman–Crippen MR) is 127 cm³/mol. The van der Waals surface area contributed by atoms with E-state index < -0.39 is 70.6 Å². The van der Waals surface area contributed by atoms with Gasteiger partial charge in [0, 0.05) is 31.1 Å². The number of carbonyl (C=O) groups is 2. The van der Waals surface area contributed by atoms with Gasteiger partial charge in [0.05, 0.1) is 5.41 Å². The second kappa shape index (κ2) is 7.90. The third-order valence-electron chi connectivity index (χ3n) is 11.3. The van der Waals surface area contributed by atoms with Crippen LogP contribution in [0.1, 0.15) is 97.8 Å². The summed E-state index contributed by atoms with van der Waals surface area (Å²) in [5.41, 5.74) is -2.88. The SMILES string of the molecule is CC1(C)[C@@]2(C)CC[C@]1(C(=O)O[C@@H]1[C@@H](O)[C@@H]3OC4(CCCCC4)O[C@H]3[C@@H]3OC4(CCCCC4)O[C@@H]31)OC2=O. The second-order valence-electron chi connectivity index (χ2n) is 13.3. The number of rotatable bonds is 2. The van der Waals surface area contributed by atoms with E-state index in [0.717, 1.165) is 64.2 Å². The molecular formula is C28H40O9. The molecule has 9 nitrogen and oxygen atoms in total. The van der Waals surface area contributed by atoms with Crippen molar-refractivity contribution in [3.8, 4) is 0 Å². The molecule has 206 valence electrons. The van der Waals surface area contributed by atoms with Crippen LogP contribution in [0.3, 0.4) is 0 Å². The lowest BCUT2D eigenvalue weighted by molar-refractivity contribution is -0.230. The number of aliphatic hydroxyl groups is 1. The molecule has 7 fully saturated rings. The number of aliphatic hydroxyl groups excluding tert-OH is 1. The van der Waals surface area contributed by atoms with Crippen LogP contribution in [-0.4, -0.2) is 70.8 Å². The Morgan fingerprint density at radius 2 is 1.27 bits per heavy atom. The van der Waals surface area contributed by atoms with E-state index in [1.165, 1.54) is 0 Å². The van der Waals surface area contributed by atoms with Crippen molar-refractivity contribution in [2.24, 2.45) is 10.8 Å². The molecule has 0 unspecified atom stereocenters. The standard InChI is InChI=1S/C28H40O9/c1-24(2)25(3)14-15-28(24,37-22(25)30)23(31)32-17-16(29)18-20(35-26(33-18)10-6-4-7-11-26)21-19(17)34-27(36-21)12-8-5-9-13-27/h16-21,29H,4-15H2,1-3H3/t16-,17-,18+,19-,20-,21-,25+,28-/m1/s1. The minimum absolute atomic E-state index is 0.365. The largest absolute Gasteiger partial charge is 0.454 e. The van der Waals surface area contributed by atoms with E-state index in [0.29, 0.717) is 12.8 Å². The Hall–Kier alpha value is -1.26. The molecule has 0 aromatic rings. The molecule has 0 aromatic heterocycles. The molecule has 3 aliphatic heterocycles. The number of ether oxygens (including phenoxy) is 6. The third-order valence-corrected chi connectivity index (χ3v) is 11.3. The van der Waals surface area contributed by atoms with E-state index in [-0.39, 0.29) is 5.97 Å². The number of carbonyl (C=O) groups excluding carboxylic acids is 2. The summed E-state index contributed by atoms with van der Waals surface area (Å²) in [5.74, 6) is -2.48. The van der Waals surface area contributed by atoms with Gasteiger partial charge in [0.15, 0.2) is 17.7 Å². The summed E-state index contributed by atoms with van der Waals surface area (Å²) in [6, 6.07) is 0. The average Bonchev–Trinajstić information content (AvgIpc) is 3.52. The van der Waals surface area contributed by atoms with Gasteiger partial charge >= 0.3 is 11.9 Å². The molecule has 0 radical (unpaired) electrons. The minimum atomic E-state index is -1.38. The normalized spacial score (nSPS) is 48.6. The highest BCUT2D eigenvalue weighted by Gasteiger charge is 2.77. The van der Waals surface area contributed by atoms with Gasteiger partial charge in [0.1, 0.15) is 30.5 Å². The molecule has 7 rings (SSSR count). The third kappa shape index (κ3) is 3.15. The van der Waals surface area contributed by atoms with Crippen molar-refractivity contribution < 1.29 is 43.1 Å². The minimum Gasteiger partial charge on any atom is -0.454 e. The quantitative estimate of drug-likeness (QED) is 0.549. The number of fused-ring (bicyclic) bond motifs is 5. The fourth-order valence-electron chi connectivity index (χ4n) is 8.43. The lowest BCUT2D eigenvalue weighted by Gasteiger charge is -2.42. The topological polar surface area (TPSA) is 110 Å². The molecule has 2 spiro atoms. The van der Waals surface area contributed by atoms with E-state index in [9.17, 15) is 14.7 Å². The van der Waals surface area contributed by atoms with Crippen LogP contribution in [0.2, 0.25) is 0 Å². The van der Waals surface area contributed by atoms with Crippen LogP contribution in [0.15, 0.2) is 0 Å². The predicted octanol–water partition coefficient (Wildman–Crippen LogP) is 3.28. The van der Waals surface area contributed by atoms with Crippen molar-refractivity contribution in [2.45, 2.75) is 152 Å².